The third kappa shape index (κ3) is 1.98. The Bertz CT molecular complexity index is 407. The van der Waals surface area contributed by atoms with Crippen molar-refractivity contribution in [2.75, 3.05) is 0 Å². The zero-order chi connectivity index (χ0) is 11.8. The second-order valence-corrected chi connectivity index (χ2v) is 4.91. The van der Waals surface area contributed by atoms with Crippen LogP contribution < -0.4 is 4.74 Å². The Morgan fingerprint density at radius 1 is 1.56 bits per heavy atom. The molecule has 2 nitrogen and oxygen atoms in total. The van der Waals surface area contributed by atoms with Crippen LogP contribution in [-0.2, 0) is 6.42 Å². The van der Waals surface area contributed by atoms with Gasteiger partial charge in [0.05, 0.1) is 6.10 Å². The van der Waals surface area contributed by atoms with Crippen LogP contribution in [0.1, 0.15) is 37.5 Å². The van der Waals surface area contributed by atoms with Gasteiger partial charge in [-0.05, 0) is 25.8 Å². The zero-order valence-electron chi connectivity index (χ0n) is 9.86. The van der Waals surface area contributed by atoms with Crippen molar-refractivity contribution in [3.63, 3.8) is 0 Å². The molecule has 2 rings (SSSR count). The molecule has 16 heavy (non-hydrogen) atoms. The van der Waals surface area contributed by atoms with Crippen LogP contribution in [0.15, 0.2) is 30.9 Å². The largest absolute Gasteiger partial charge is 0.487 e. The maximum Gasteiger partial charge on any atom is 0.129 e. The van der Waals surface area contributed by atoms with Crippen molar-refractivity contribution in [1.29, 1.82) is 0 Å². The topological polar surface area (TPSA) is 29.5 Å². The van der Waals surface area contributed by atoms with Crippen molar-refractivity contribution < 1.29 is 9.84 Å². The summed E-state index contributed by atoms with van der Waals surface area (Å²) in [4.78, 5) is 0. The minimum atomic E-state index is -0.513. The highest BCUT2D eigenvalue weighted by Crippen LogP contribution is 2.40. The summed E-state index contributed by atoms with van der Waals surface area (Å²) in [6, 6.07) is 5.97. The first-order valence-corrected chi connectivity index (χ1v) is 5.63. The molecule has 0 saturated carbocycles. The second-order valence-electron chi connectivity index (χ2n) is 4.91. The molecule has 1 aliphatic rings. The summed E-state index contributed by atoms with van der Waals surface area (Å²) in [5.41, 5.74) is 1.90. The Hall–Kier alpha value is -1.28. The molecule has 0 bridgehead atoms. The van der Waals surface area contributed by atoms with Crippen molar-refractivity contribution in [2.45, 2.75) is 38.4 Å². The molecule has 1 heterocycles. The third-order valence-corrected chi connectivity index (χ3v) is 2.87. The van der Waals surface area contributed by atoms with Crippen molar-refractivity contribution in [2.24, 2.45) is 0 Å². The van der Waals surface area contributed by atoms with Gasteiger partial charge in [0.2, 0.25) is 0 Å². The Labute approximate surface area is 96.6 Å². The summed E-state index contributed by atoms with van der Waals surface area (Å²) in [6.45, 7) is 7.78. The molecular weight excluding hydrogens is 200 g/mol. The van der Waals surface area contributed by atoms with Gasteiger partial charge >= 0.3 is 0 Å². The van der Waals surface area contributed by atoms with Crippen LogP contribution in [0.5, 0.6) is 5.75 Å². The number of hydrogen-bond acceptors (Lipinski definition) is 2. The first-order chi connectivity index (χ1) is 7.53. The number of rotatable bonds is 3. The van der Waals surface area contributed by atoms with E-state index in [1.807, 2.05) is 12.1 Å². The summed E-state index contributed by atoms with van der Waals surface area (Å²) in [7, 11) is 0. The molecule has 1 N–H and O–H groups in total. The molecule has 86 valence electrons. The van der Waals surface area contributed by atoms with Gasteiger partial charge in [-0.1, -0.05) is 24.3 Å². The summed E-state index contributed by atoms with van der Waals surface area (Å²) >= 11 is 0. The maximum absolute atomic E-state index is 10.0. The maximum atomic E-state index is 10.0. The van der Waals surface area contributed by atoms with Gasteiger partial charge in [0, 0.05) is 12.0 Å². The molecule has 2 heteroatoms. The molecule has 0 radical (unpaired) electrons. The number of para-hydroxylation sites is 1. The average Bonchev–Trinajstić information content (AvgIpc) is 2.51. The zero-order valence-corrected chi connectivity index (χ0v) is 9.86. The smallest absolute Gasteiger partial charge is 0.129 e. The van der Waals surface area contributed by atoms with Gasteiger partial charge in [0.25, 0.3) is 0 Å². The van der Waals surface area contributed by atoms with E-state index in [0.29, 0.717) is 6.42 Å². The van der Waals surface area contributed by atoms with Gasteiger partial charge in [-0.15, -0.1) is 6.58 Å². The number of aliphatic hydroxyl groups excluding tert-OH is 1. The lowest BCUT2D eigenvalue weighted by Gasteiger charge is -2.19. The van der Waals surface area contributed by atoms with E-state index in [9.17, 15) is 5.11 Å². The molecule has 0 amide bonds. The molecule has 1 aromatic carbocycles. The Kier molecular flexibility index (Phi) is 2.76. The fourth-order valence-electron chi connectivity index (χ4n) is 2.19. The molecule has 0 saturated heterocycles. The SMILES string of the molecule is C=CCC(O)c1cccc2c1OC(C)(C)C2. The van der Waals surface area contributed by atoms with Crippen LogP contribution in [-0.4, -0.2) is 10.7 Å². The van der Waals surface area contributed by atoms with Gasteiger partial charge in [-0.25, -0.2) is 0 Å². The van der Waals surface area contributed by atoms with E-state index in [1.54, 1.807) is 6.08 Å². The molecular formula is C14H18O2. The highest BCUT2D eigenvalue weighted by molar-refractivity contribution is 5.46. The van der Waals surface area contributed by atoms with E-state index in [-0.39, 0.29) is 5.60 Å². The van der Waals surface area contributed by atoms with E-state index >= 15 is 0 Å². The average molecular weight is 218 g/mol. The monoisotopic (exact) mass is 218 g/mol. The number of hydrogen-bond donors (Lipinski definition) is 1. The van der Waals surface area contributed by atoms with Crippen LogP contribution in [0.3, 0.4) is 0 Å². The van der Waals surface area contributed by atoms with Gasteiger partial charge in [-0.2, -0.15) is 0 Å². The molecule has 0 aromatic heterocycles. The lowest BCUT2D eigenvalue weighted by molar-refractivity contribution is 0.126. The van der Waals surface area contributed by atoms with E-state index in [1.165, 1.54) is 5.56 Å². The fourth-order valence-corrected chi connectivity index (χ4v) is 2.19. The summed E-state index contributed by atoms with van der Waals surface area (Å²) in [5, 5.41) is 10.0. The van der Waals surface area contributed by atoms with Crippen molar-refractivity contribution >= 4 is 0 Å². The predicted octanol–water partition coefficient (Wildman–Crippen LogP) is 3.01. The van der Waals surface area contributed by atoms with Gasteiger partial charge in [-0.3, -0.25) is 0 Å². The second kappa shape index (κ2) is 3.95. The Morgan fingerprint density at radius 3 is 3.00 bits per heavy atom. The van der Waals surface area contributed by atoms with Gasteiger partial charge in [0.1, 0.15) is 11.4 Å². The molecule has 0 spiro atoms. The Balaban J connectivity index is 2.36. The summed E-state index contributed by atoms with van der Waals surface area (Å²) in [6.07, 6.45) is 2.67. The normalized spacial score (nSPS) is 18.7. The van der Waals surface area contributed by atoms with Gasteiger partial charge < -0.3 is 9.84 Å². The summed E-state index contributed by atoms with van der Waals surface area (Å²) in [5.74, 6) is 0.863. The molecule has 1 unspecified atom stereocenters. The van der Waals surface area contributed by atoms with Crippen molar-refractivity contribution in [1.82, 2.24) is 0 Å². The molecule has 1 atom stereocenters. The summed E-state index contributed by atoms with van der Waals surface area (Å²) < 4.78 is 5.90. The van der Waals surface area contributed by atoms with Gasteiger partial charge in [0.15, 0.2) is 0 Å². The highest BCUT2D eigenvalue weighted by atomic mass is 16.5. The predicted molar refractivity (Wildman–Crippen MR) is 64.6 cm³/mol. The van der Waals surface area contributed by atoms with Crippen LogP contribution in [0.2, 0.25) is 0 Å². The standard InChI is InChI=1S/C14H18O2/c1-4-6-12(15)11-8-5-7-10-9-14(2,3)16-13(10)11/h4-5,7-8,12,15H,1,6,9H2,2-3H3. The number of benzene rings is 1. The number of aliphatic hydroxyl groups is 1. The number of fused-ring (bicyclic) bond motifs is 1. The van der Waals surface area contributed by atoms with Crippen LogP contribution in [0.25, 0.3) is 0 Å². The van der Waals surface area contributed by atoms with E-state index in [0.717, 1.165) is 17.7 Å². The molecule has 1 aromatic rings. The van der Waals surface area contributed by atoms with Crippen LogP contribution in [0.4, 0.5) is 0 Å². The third-order valence-electron chi connectivity index (χ3n) is 2.87. The minimum Gasteiger partial charge on any atom is -0.487 e. The molecule has 0 fully saturated rings. The Morgan fingerprint density at radius 2 is 2.31 bits per heavy atom. The van der Waals surface area contributed by atoms with Crippen LogP contribution in [0, 0.1) is 0 Å². The lowest BCUT2D eigenvalue weighted by atomic mass is 9.98. The van der Waals surface area contributed by atoms with Crippen LogP contribution >= 0.6 is 0 Å². The van der Waals surface area contributed by atoms with Crippen molar-refractivity contribution in [3.8, 4) is 5.75 Å². The van der Waals surface area contributed by atoms with Crippen molar-refractivity contribution in [3.05, 3.63) is 42.0 Å². The quantitative estimate of drug-likeness (QED) is 0.790. The first kappa shape index (κ1) is 11.2. The highest BCUT2D eigenvalue weighted by Gasteiger charge is 2.32. The minimum absolute atomic E-state index is 0.160. The van der Waals surface area contributed by atoms with E-state index in [4.69, 9.17) is 4.74 Å². The lowest BCUT2D eigenvalue weighted by Crippen LogP contribution is -2.25. The number of ether oxygens (including phenoxy) is 1. The fraction of sp³-hybridized carbons (Fsp3) is 0.429. The van der Waals surface area contributed by atoms with E-state index in [2.05, 4.69) is 26.5 Å². The first-order valence-electron chi connectivity index (χ1n) is 5.63. The molecule has 1 aliphatic heterocycles. The van der Waals surface area contributed by atoms with E-state index < -0.39 is 6.10 Å². The molecule has 0 aliphatic carbocycles.